The van der Waals surface area contributed by atoms with E-state index in [-0.39, 0.29) is 6.04 Å². The summed E-state index contributed by atoms with van der Waals surface area (Å²) in [5.41, 5.74) is 3.22. The van der Waals surface area contributed by atoms with Crippen LogP contribution in [0.5, 0.6) is 0 Å². The highest BCUT2D eigenvalue weighted by atomic mass is 80.0. The van der Waals surface area contributed by atoms with E-state index in [1.807, 2.05) is 32.0 Å². The maximum atomic E-state index is 11.4. The minimum atomic E-state index is -0.639. The summed E-state index contributed by atoms with van der Waals surface area (Å²) in [6, 6.07) is 5.78. The number of carbonyl (C=O) groups excluding carboxylic acids is 1. The molecule has 0 aromatic heterocycles. The van der Waals surface area contributed by atoms with E-state index in [1.54, 1.807) is 0 Å². The lowest BCUT2D eigenvalue weighted by atomic mass is 10.00. The molecule has 1 amide bonds. The van der Waals surface area contributed by atoms with Crippen molar-refractivity contribution in [2.24, 2.45) is 0 Å². The highest BCUT2D eigenvalue weighted by Gasteiger charge is 2.34. The average molecular weight is 444 g/mol. The monoisotopic (exact) mass is 441 g/mol. The van der Waals surface area contributed by atoms with E-state index in [1.165, 1.54) is 7.11 Å². The van der Waals surface area contributed by atoms with Gasteiger partial charge in [-0.25, -0.2) is 4.79 Å². The normalized spacial score (nSPS) is 13.0. The van der Waals surface area contributed by atoms with Crippen LogP contribution in [-0.4, -0.2) is 15.3 Å². The van der Waals surface area contributed by atoms with Gasteiger partial charge >= 0.3 is 6.09 Å². The lowest BCUT2D eigenvalue weighted by Gasteiger charge is -2.28. The number of nitrogens with one attached hydrogen (secondary N) is 1. The van der Waals surface area contributed by atoms with Gasteiger partial charge in [-0.2, -0.15) is 0 Å². The third kappa shape index (κ3) is 4.24. The Kier molecular flexibility index (Phi) is 5.67. The number of methoxy groups -OCH3 is 1. The first-order valence-electron chi connectivity index (χ1n) is 5.24. The summed E-state index contributed by atoms with van der Waals surface area (Å²) in [5, 5.41) is 2.79. The number of benzene rings is 1. The Morgan fingerprint density at radius 1 is 1.33 bits per heavy atom. The van der Waals surface area contributed by atoms with Crippen LogP contribution in [0.4, 0.5) is 4.79 Å². The van der Waals surface area contributed by atoms with Crippen LogP contribution in [0.1, 0.15) is 22.7 Å². The van der Waals surface area contributed by atoms with Gasteiger partial charge in [0.05, 0.1) is 13.2 Å². The number of amides is 1. The molecule has 100 valence electrons. The molecule has 0 radical (unpaired) electrons. The van der Waals surface area contributed by atoms with Crippen LogP contribution in [0, 0.1) is 13.8 Å². The van der Waals surface area contributed by atoms with Crippen LogP contribution in [0.25, 0.3) is 0 Å². The van der Waals surface area contributed by atoms with Gasteiger partial charge in [0.25, 0.3) is 0 Å². The Balaban J connectivity index is 3.17. The largest absolute Gasteiger partial charge is 0.453 e. The number of alkyl halides is 3. The van der Waals surface area contributed by atoms with Gasteiger partial charge in [-0.15, -0.1) is 0 Å². The highest BCUT2D eigenvalue weighted by Crippen LogP contribution is 2.45. The van der Waals surface area contributed by atoms with Gasteiger partial charge < -0.3 is 10.1 Å². The molecule has 0 bridgehead atoms. The minimum absolute atomic E-state index is 0.315. The van der Waals surface area contributed by atoms with Gasteiger partial charge in [0.2, 0.25) is 0 Å². The molecular formula is C12H14Br3NO2. The molecule has 0 aliphatic carbocycles. The summed E-state index contributed by atoms with van der Waals surface area (Å²) in [7, 11) is 1.34. The maximum absolute atomic E-state index is 11.4. The van der Waals surface area contributed by atoms with Crippen LogP contribution < -0.4 is 5.32 Å². The Hall–Kier alpha value is -0.0700. The summed E-state index contributed by atoms with van der Waals surface area (Å²) >= 11 is 10.4. The minimum Gasteiger partial charge on any atom is -0.453 e. The Labute approximate surface area is 132 Å². The van der Waals surface area contributed by atoms with Gasteiger partial charge in [0, 0.05) is 0 Å². The predicted molar refractivity (Wildman–Crippen MR) is 83.7 cm³/mol. The number of ether oxygens (including phenoxy) is 1. The first kappa shape index (κ1) is 16.0. The third-order valence-corrected chi connectivity index (χ3v) is 3.89. The number of hydrogen-bond donors (Lipinski definition) is 1. The summed E-state index contributed by atoms with van der Waals surface area (Å²) in [5.74, 6) is 0. The van der Waals surface area contributed by atoms with Crippen LogP contribution in [-0.2, 0) is 4.74 Å². The van der Waals surface area contributed by atoms with Crippen molar-refractivity contribution in [3.05, 3.63) is 34.9 Å². The van der Waals surface area contributed by atoms with Crippen molar-refractivity contribution in [1.29, 1.82) is 0 Å². The standard InChI is InChI=1S/C12H14Br3NO2/c1-7-4-5-8(2)9(6-7)10(12(13,14)15)16-11(17)18-3/h4-6,10H,1-3H3,(H,16,17)/t10-/m1/s1. The molecule has 0 aliphatic heterocycles. The SMILES string of the molecule is COC(=O)N[C@H](c1cc(C)ccc1C)C(Br)(Br)Br. The average Bonchev–Trinajstić information content (AvgIpc) is 2.27. The van der Waals surface area contributed by atoms with Crippen molar-refractivity contribution >= 4 is 53.9 Å². The molecule has 0 saturated carbocycles. The molecule has 3 nitrogen and oxygen atoms in total. The van der Waals surface area contributed by atoms with E-state index < -0.39 is 8.24 Å². The number of carbonyl (C=O) groups is 1. The fourth-order valence-electron chi connectivity index (χ4n) is 1.58. The molecule has 1 rings (SSSR count). The Morgan fingerprint density at radius 2 is 1.94 bits per heavy atom. The van der Waals surface area contributed by atoms with Crippen LogP contribution >= 0.6 is 47.8 Å². The highest BCUT2D eigenvalue weighted by molar-refractivity contribution is 9.39. The van der Waals surface area contributed by atoms with E-state index in [4.69, 9.17) is 0 Å². The molecule has 0 saturated heterocycles. The Bertz CT molecular complexity index is 443. The molecule has 0 aliphatic rings. The molecule has 1 atom stereocenters. The van der Waals surface area contributed by atoms with Gasteiger partial charge in [0.15, 0.2) is 2.14 Å². The molecule has 0 unspecified atom stereocenters. The summed E-state index contributed by atoms with van der Waals surface area (Å²) < 4.78 is 4.02. The number of rotatable bonds is 2. The van der Waals surface area contributed by atoms with Crippen molar-refractivity contribution in [2.45, 2.75) is 22.0 Å². The molecule has 1 aromatic rings. The molecule has 6 heteroatoms. The predicted octanol–water partition coefficient (Wildman–Crippen LogP) is 4.54. The quantitative estimate of drug-likeness (QED) is 0.681. The fourth-order valence-corrected chi connectivity index (χ4v) is 2.67. The topological polar surface area (TPSA) is 38.3 Å². The Morgan fingerprint density at radius 3 is 2.44 bits per heavy atom. The molecule has 0 heterocycles. The van der Waals surface area contributed by atoms with Gasteiger partial charge in [-0.3, -0.25) is 0 Å². The lowest BCUT2D eigenvalue weighted by Crippen LogP contribution is -2.36. The van der Waals surface area contributed by atoms with Crippen molar-refractivity contribution in [3.63, 3.8) is 0 Å². The molecule has 0 fully saturated rings. The number of hydrogen-bond acceptors (Lipinski definition) is 2. The molecule has 1 aromatic carbocycles. The summed E-state index contributed by atoms with van der Waals surface area (Å²) in [6.07, 6.45) is -0.483. The number of alkyl carbamates (subject to hydrolysis) is 1. The van der Waals surface area contributed by atoms with Crippen molar-refractivity contribution in [3.8, 4) is 0 Å². The second-order valence-corrected chi connectivity index (χ2v) is 10.9. The summed E-state index contributed by atoms with van der Waals surface area (Å²) in [4.78, 5) is 11.4. The zero-order chi connectivity index (χ0) is 13.9. The van der Waals surface area contributed by atoms with Crippen LogP contribution in [0.3, 0.4) is 0 Å². The zero-order valence-corrected chi connectivity index (χ0v) is 15.0. The second kappa shape index (κ2) is 6.39. The van der Waals surface area contributed by atoms with E-state index in [9.17, 15) is 4.79 Å². The van der Waals surface area contributed by atoms with E-state index >= 15 is 0 Å². The smallest absolute Gasteiger partial charge is 0.407 e. The second-order valence-electron chi connectivity index (χ2n) is 3.97. The molecular weight excluding hydrogens is 430 g/mol. The fraction of sp³-hybridized carbons (Fsp3) is 0.417. The summed E-state index contributed by atoms with van der Waals surface area (Å²) in [6.45, 7) is 4.01. The van der Waals surface area contributed by atoms with Crippen LogP contribution in [0.2, 0.25) is 0 Å². The van der Waals surface area contributed by atoms with Crippen LogP contribution in [0.15, 0.2) is 18.2 Å². The molecule has 18 heavy (non-hydrogen) atoms. The molecule has 0 spiro atoms. The van der Waals surface area contributed by atoms with Crippen molar-refractivity contribution in [2.75, 3.05) is 7.11 Å². The van der Waals surface area contributed by atoms with Gasteiger partial charge in [-0.1, -0.05) is 71.6 Å². The third-order valence-electron chi connectivity index (χ3n) is 2.52. The zero-order valence-electron chi connectivity index (χ0n) is 10.3. The number of aryl methyl sites for hydroxylation is 2. The lowest BCUT2D eigenvalue weighted by molar-refractivity contribution is 0.167. The van der Waals surface area contributed by atoms with Gasteiger partial charge in [-0.05, 0) is 25.0 Å². The van der Waals surface area contributed by atoms with Gasteiger partial charge in [0.1, 0.15) is 0 Å². The van der Waals surface area contributed by atoms with Crippen molar-refractivity contribution in [1.82, 2.24) is 5.32 Å². The maximum Gasteiger partial charge on any atom is 0.407 e. The van der Waals surface area contributed by atoms with E-state index in [0.29, 0.717) is 0 Å². The van der Waals surface area contributed by atoms with E-state index in [0.717, 1.165) is 16.7 Å². The first-order valence-corrected chi connectivity index (χ1v) is 7.62. The van der Waals surface area contributed by atoms with E-state index in [2.05, 4.69) is 57.8 Å². The number of halogens is 3. The molecule has 1 N–H and O–H groups in total. The van der Waals surface area contributed by atoms with Crippen molar-refractivity contribution < 1.29 is 9.53 Å². The first-order chi connectivity index (χ1) is 8.25.